The molecule has 2 rings (SSSR count). The molecule has 1 fully saturated rings. The van der Waals surface area contributed by atoms with E-state index in [9.17, 15) is 0 Å². The van der Waals surface area contributed by atoms with Crippen LogP contribution in [-0.2, 0) is 4.74 Å². The number of hydrogen-bond acceptors (Lipinski definition) is 5. The van der Waals surface area contributed by atoms with Gasteiger partial charge in [-0.05, 0) is 20.3 Å². The van der Waals surface area contributed by atoms with E-state index in [0.29, 0.717) is 0 Å². The Balaban J connectivity index is 2.08. The molecule has 0 aromatic carbocycles. The highest BCUT2D eigenvalue weighted by molar-refractivity contribution is 7.09. The summed E-state index contributed by atoms with van der Waals surface area (Å²) in [6.45, 7) is 5.07. The Morgan fingerprint density at radius 3 is 3.15 bits per heavy atom. The summed E-state index contributed by atoms with van der Waals surface area (Å²) in [5.41, 5.74) is 0.0134. The van der Waals surface area contributed by atoms with Crippen molar-refractivity contribution in [1.29, 1.82) is 0 Å². The summed E-state index contributed by atoms with van der Waals surface area (Å²) < 4.78 is 9.46. The van der Waals surface area contributed by atoms with Crippen LogP contribution >= 0.6 is 11.5 Å². The number of aromatic nitrogens is 2. The van der Waals surface area contributed by atoms with Crippen molar-refractivity contribution in [1.82, 2.24) is 9.36 Å². The molecule has 2 atom stereocenters. The molecule has 2 unspecified atom stereocenters. The van der Waals surface area contributed by atoms with Crippen LogP contribution in [-0.4, -0.2) is 27.6 Å². The maximum Gasteiger partial charge on any atom is 0.202 e. The van der Waals surface area contributed by atoms with Crippen molar-refractivity contribution in [3.63, 3.8) is 0 Å². The molecule has 1 aliphatic rings. The molecule has 0 aliphatic carbocycles. The van der Waals surface area contributed by atoms with Crippen LogP contribution in [0.3, 0.4) is 0 Å². The number of hydrogen-bond donors (Lipinski definition) is 1. The van der Waals surface area contributed by atoms with Gasteiger partial charge in [0, 0.05) is 18.1 Å². The van der Waals surface area contributed by atoms with Gasteiger partial charge in [0.1, 0.15) is 6.33 Å². The first kappa shape index (κ1) is 8.90. The topological polar surface area (TPSA) is 47.0 Å². The maximum atomic E-state index is 5.51. The minimum absolute atomic E-state index is 0.0134. The molecule has 0 spiro atoms. The van der Waals surface area contributed by atoms with E-state index in [0.717, 1.165) is 18.2 Å². The molecular weight excluding hydrogens is 186 g/mol. The van der Waals surface area contributed by atoms with E-state index in [1.807, 2.05) is 0 Å². The van der Waals surface area contributed by atoms with E-state index < -0.39 is 0 Å². The van der Waals surface area contributed by atoms with Gasteiger partial charge in [0.05, 0.1) is 11.6 Å². The molecule has 0 amide bonds. The second-order valence-corrected chi connectivity index (χ2v) is 4.33. The van der Waals surface area contributed by atoms with E-state index in [1.54, 1.807) is 6.33 Å². The predicted molar refractivity (Wildman–Crippen MR) is 52.0 cm³/mol. The van der Waals surface area contributed by atoms with E-state index in [1.165, 1.54) is 11.5 Å². The Morgan fingerprint density at radius 2 is 2.62 bits per heavy atom. The number of ether oxygens (including phenoxy) is 1. The van der Waals surface area contributed by atoms with Crippen LogP contribution in [0.2, 0.25) is 0 Å². The fraction of sp³-hybridized carbons (Fsp3) is 0.750. The number of rotatable bonds is 2. The van der Waals surface area contributed by atoms with Gasteiger partial charge in [-0.15, -0.1) is 0 Å². The van der Waals surface area contributed by atoms with Crippen LogP contribution in [0, 0.1) is 0 Å². The SMILES string of the molecule is CC1OCCC1(C)Nc1ncns1. The molecule has 4 nitrogen and oxygen atoms in total. The van der Waals surface area contributed by atoms with Gasteiger partial charge in [-0.25, -0.2) is 4.98 Å². The third kappa shape index (κ3) is 1.66. The van der Waals surface area contributed by atoms with Gasteiger partial charge in [-0.3, -0.25) is 0 Å². The Morgan fingerprint density at radius 1 is 1.77 bits per heavy atom. The minimum Gasteiger partial charge on any atom is -0.376 e. The monoisotopic (exact) mass is 199 g/mol. The predicted octanol–water partition coefficient (Wildman–Crippen LogP) is 1.52. The van der Waals surface area contributed by atoms with E-state index in [-0.39, 0.29) is 11.6 Å². The fourth-order valence-electron chi connectivity index (χ4n) is 1.47. The summed E-state index contributed by atoms with van der Waals surface area (Å²) in [7, 11) is 0. The summed E-state index contributed by atoms with van der Waals surface area (Å²) in [5, 5.41) is 4.24. The standard InChI is InChI=1S/C8H13N3OS/c1-6-8(2,3-4-12-6)11-7-9-5-10-13-7/h5-6H,3-4H2,1-2H3,(H,9,10,11). The summed E-state index contributed by atoms with van der Waals surface area (Å²) in [4.78, 5) is 4.10. The molecule has 1 aromatic rings. The van der Waals surface area contributed by atoms with Crippen molar-refractivity contribution in [2.24, 2.45) is 0 Å². The Bertz CT molecular complexity index is 277. The maximum absolute atomic E-state index is 5.51. The smallest absolute Gasteiger partial charge is 0.202 e. The van der Waals surface area contributed by atoms with Crippen molar-refractivity contribution in [3.8, 4) is 0 Å². The van der Waals surface area contributed by atoms with Crippen LogP contribution < -0.4 is 5.32 Å². The quantitative estimate of drug-likeness (QED) is 0.784. The molecule has 72 valence electrons. The largest absolute Gasteiger partial charge is 0.376 e. The van der Waals surface area contributed by atoms with Crippen molar-refractivity contribution >= 4 is 16.7 Å². The van der Waals surface area contributed by atoms with Gasteiger partial charge in [-0.2, -0.15) is 4.37 Å². The molecule has 0 bridgehead atoms. The fourth-order valence-corrected chi connectivity index (χ4v) is 2.04. The number of nitrogens with zero attached hydrogens (tertiary/aromatic N) is 2. The molecule has 1 saturated heterocycles. The van der Waals surface area contributed by atoms with Gasteiger partial charge in [0.2, 0.25) is 5.13 Å². The molecule has 1 N–H and O–H groups in total. The van der Waals surface area contributed by atoms with Crippen LogP contribution in [0.1, 0.15) is 20.3 Å². The summed E-state index contributed by atoms with van der Waals surface area (Å²) >= 11 is 1.38. The zero-order valence-electron chi connectivity index (χ0n) is 7.78. The zero-order valence-corrected chi connectivity index (χ0v) is 8.60. The first-order valence-corrected chi connectivity index (χ1v) is 5.14. The van der Waals surface area contributed by atoms with Crippen LogP contribution in [0.25, 0.3) is 0 Å². The third-order valence-corrected chi connectivity index (χ3v) is 3.22. The lowest BCUT2D eigenvalue weighted by molar-refractivity contribution is 0.105. The summed E-state index contributed by atoms with van der Waals surface area (Å²) in [5.74, 6) is 0. The molecule has 0 radical (unpaired) electrons. The molecule has 5 heteroatoms. The Labute approximate surface area is 81.5 Å². The summed E-state index contributed by atoms with van der Waals surface area (Å²) in [6.07, 6.45) is 2.82. The van der Waals surface area contributed by atoms with E-state index in [4.69, 9.17) is 4.74 Å². The van der Waals surface area contributed by atoms with E-state index >= 15 is 0 Å². The first-order valence-electron chi connectivity index (χ1n) is 4.37. The first-order chi connectivity index (χ1) is 6.21. The average molecular weight is 199 g/mol. The lowest BCUT2D eigenvalue weighted by atomic mass is 9.95. The highest BCUT2D eigenvalue weighted by Gasteiger charge is 2.37. The van der Waals surface area contributed by atoms with Crippen molar-refractivity contribution in [3.05, 3.63) is 6.33 Å². The van der Waals surface area contributed by atoms with Gasteiger partial charge in [-0.1, -0.05) is 0 Å². The van der Waals surface area contributed by atoms with Crippen molar-refractivity contribution in [2.45, 2.75) is 31.9 Å². The average Bonchev–Trinajstić information content (AvgIpc) is 2.65. The van der Waals surface area contributed by atoms with Crippen molar-refractivity contribution < 1.29 is 4.74 Å². The number of nitrogens with one attached hydrogen (secondary N) is 1. The zero-order chi connectivity index (χ0) is 9.31. The second kappa shape index (κ2) is 3.23. The van der Waals surface area contributed by atoms with E-state index in [2.05, 4.69) is 28.5 Å². The molecule has 0 saturated carbocycles. The van der Waals surface area contributed by atoms with Gasteiger partial charge >= 0.3 is 0 Å². The molecule has 1 aromatic heterocycles. The highest BCUT2D eigenvalue weighted by Crippen LogP contribution is 2.29. The molecular formula is C8H13N3OS. The van der Waals surface area contributed by atoms with Crippen LogP contribution in [0.15, 0.2) is 6.33 Å². The second-order valence-electron chi connectivity index (χ2n) is 3.55. The highest BCUT2D eigenvalue weighted by atomic mass is 32.1. The summed E-state index contributed by atoms with van der Waals surface area (Å²) in [6, 6.07) is 0. The van der Waals surface area contributed by atoms with Crippen LogP contribution in [0.4, 0.5) is 5.13 Å². The lowest BCUT2D eigenvalue weighted by Gasteiger charge is -2.28. The minimum atomic E-state index is 0.0134. The normalized spacial score (nSPS) is 33.5. The van der Waals surface area contributed by atoms with Crippen molar-refractivity contribution in [2.75, 3.05) is 11.9 Å². The lowest BCUT2D eigenvalue weighted by Crippen LogP contribution is -2.41. The van der Waals surface area contributed by atoms with Gasteiger partial charge in [0.25, 0.3) is 0 Å². The van der Waals surface area contributed by atoms with Crippen LogP contribution in [0.5, 0.6) is 0 Å². The molecule has 13 heavy (non-hydrogen) atoms. The Kier molecular flexibility index (Phi) is 2.21. The molecule has 2 heterocycles. The molecule has 1 aliphatic heterocycles. The number of anilines is 1. The van der Waals surface area contributed by atoms with Gasteiger partial charge < -0.3 is 10.1 Å². The third-order valence-electron chi connectivity index (χ3n) is 2.64. The Hall–Kier alpha value is -0.680. The van der Waals surface area contributed by atoms with Gasteiger partial charge in [0.15, 0.2) is 0 Å².